The number of carbonyl (C=O) groups excluding carboxylic acids is 1. The molecule has 1 aromatic heterocycles. The van der Waals surface area contributed by atoms with E-state index in [1.165, 1.54) is 0 Å². The van der Waals surface area contributed by atoms with Crippen LogP contribution in [0.5, 0.6) is 0 Å². The molecule has 106 valence electrons. The zero-order valence-electron chi connectivity index (χ0n) is 11.9. The van der Waals surface area contributed by atoms with E-state index >= 15 is 0 Å². The van der Waals surface area contributed by atoms with Gasteiger partial charge in [0.15, 0.2) is 0 Å². The summed E-state index contributed by atoms with van der Waals surface area (Å²) in [5, 5.41) is 11.1. The van der Waals surface area contributed by atoms with Gasteiger partial charge in [0.1, 0.15) is 17.9 Å². The molecule has 0 aliphatic rings. The Labute approximate surface area is 119 Å². The zero-order chi connectivity index (χ0) is 14.4. The van der Waals surface area contributed by atoms with Crippen molar-refractivity contribution in [3.63, 3.8) is 0 Å². The van der Waals surface area contributed by atoms with E-state index in [0.717, 1.165) is 11.4 Å². The molecule has 1 atom stereocenters. The third kappa shape index (κ3) is 3.74. The van der Waals surface area contributed by atoms with Crippen molar-refractivity contribution in [3.05, 3.63) is 48.0 Å². The summed E-state index contributed by atoms with van der Waals surface area (Å²) in [5.74, 6) is 1.04. The molecule has 1 unspecified atom stereocenters. The van der Waals surface area contributed by atoms with Gasteiger partial charge in [-0.3, -0.25) is 4.79 Å². The van der Waals surface area contributed by atoms with Crippen molar-refractivity contribution in [1.29, 1.82) is 0 Å². The fourth-order valence-electron chi connectivity index (χ4n) is 2.08. The highest BCUT2D eigenvalue weighted by Crippen LogP contribution is 2.06. The van der Waals surface area contributed by atoms with Crippen LogP contribution in [-0.4, -0.2) is 26.6 Å². The minimum atomic E-state index is -0.181. The third-order valence-corrected chi connectivity index (χ3v) is 3.33. The van der Waals surface area contributed by atoms with E-state index in [-0.39, 0.29) is 11.8 Å². The molecule has 0 fully saturated rings. The maximum atomic E-state index is 12.1. The van der Waals surface area contributed by atoms with Gasteiger partial charge in [0.25, 0.3) is 0 Å². The van der Waals surface area contributed by atoms with Gasteiger partial charge in [-0.1, -0.05) is 37.3 Å². The predicted molar refractivity (Wildman–Crippen MR) is 77.1 cm³/mol. The molecule has 20 heavy (non-hydrogen) atoms. The Morgan fingerprint density at radius 3 is 2.70 bits per heavy atom. The van der Waals surface area contributed by atoms with Crippen molar-refractivity contribution in [3.8, 4) is 0 Å². The lowest BCUT2D eigenvalue weighted by Gasteiger charge is -2.16. The van der Waals surface area contributed by atoms with Gasteiger partial charge in [-0.25, -0.2) is 0 Å². The Balaban J connectivity index is 2.01. The predicted octanol–water partition coefficient (Wildman–Crippen LogP) is 1.50. The van der Waals surface area contributed by atoms with E-state index in [4.69, 9.17) is 0 Å². The van der Waals surface area contributed by atoms with Gasteiger partial charge in [0, 0.05) is 13.5 Å². The molecule has 1 aromatic carbocycles. The maximum Gasteiger partial charge on any atom is 0.149 e. The van der Waals surface area contributed by atoms with Gasteiger partial charge in [0.2, 0.25) is 0 Å². The first kappa shape index (κ1) is 14.4. The van der Waals surface area contributed by atoms with Crippen LogP contribution in [0.2, 0.25) is 0 Å². The monoisotopic (exact) mass is 272 g/mol. The Bertz CT molecular complexity index is 550. The van der Waals surface area contributed by atoms with Crippen LogP contribution in [0, 0.1) is 0 Å². The Morgan fingerprint density at radius 2 is 2.10 bits per heavy atom. The van der Waals surface area contributed by atoms with Crippen LogP contribution in [0.1, 0.15) is 24.7 Å². The van der Waals surface area contributed by atoms with Gasteiger partial charge < -0.3 is 9.88 Å². The first-order chi connectivity index (χ1) is 9.70. The Hall–Kier alpha value is -2.01. The van der Waals surface area contributed by atoms with Crippen molar-refractivity contribution in [2.45, 2.75) is 32.4 Å². The van der Waals surface area contributed by atoms with Crippen molar-refractivity contribution in [2.75, 3.05) is 0 Å². The summed E-state index contributed by atoms with van der Waals surface area (Å²) >= 11 is 0. The highest BCUT2D eigenvalue weighted by molar-refractivity contribution is 5.84. The van der Waals surface area contributed by atoms with Gasteiger partial charge in [-0.2, -0.15) is 0 Å². The summed E-state index contributed by atoms with van der Waals surface area (Å²) in [4.78, 5) is 12.1. The molecule has 0 bridgehead atoms. The second-order valence-electron chi connectivity index (χ2n) is 4.80. The van der Waals surface area contributed by atoms with E-state index in [2.05, 4.69) is 15.5 Å². The SMILES string of the molecule is CCC(=O)C(Cc1ccccc1)NCc1nncn1C. The average Bonchev–Trinajstić information content (AvgIpc) is 2.89. The van der Waals surface area contributed by atoms with Gasteiger partial charge in [-0.05, 0) is 12.0 Å². The minimum Gasteiger partial charge on any atom is -0.320 e. The van der Waals surface area contributed by atoms with Crippen molar-refractivity contribution >= 4 is 5.78 Å². The molecule has 1 N–H and O–H groups in total. The topological polar surface area (TPSA) is 59.8 Å². The number of nitrogens with one attached hydrogen (secondary N) is 1. The fraction of sp³-hybridized carbons (Fsp3) is 0.400. The van der Waals surface area contributed by atoms with Crippen LogP contribution in [0.15, 0.2) is 36.7 Å². The highest BCUT2D eigenvalue weighted by Gasteiger charge is 2.17. The molecule has 5 nitrogen and oxygen atoms in total. The number of benzene rings is 1. The molecule has 0 aliphatic heterocycles. The molecular formula is C15H20N4O. The van der Waals surface area contributed by atoms with Crippen molar-refractivity contribution in [2.24, 2.45) is 7.05 Å². The lowest BCUT2D eigenvalue weighted by Crippen LogP contribution is -2.38. The van der Waals surface area contributed by atoms with Crippen LogP contribution in [-0.2, 0) is 24.8 Å². The smallest absolute Gasteiger partial charge is 0.149 e. The van der Waals surface area contributed by atoms with Crippen LogP contribution in [0.3, 0.4) is 0 Å². The standard InChI is InChI=1S/C15H20N4O/c1-3-14(20)13(9-12-7-5-4-6-8-12)16-10-15-18-17-11-19(15)2/h4-8,11,13,16H,3,9-10H2,1-2H3. The number of rotatable bonds is 7. The van der Waals surface area contributed by atoms with Crippen molar-refractivity contribution < 1.29 is 4.79 Å². The lowest BCUT2D eigenvalue weighted by molar-refractivity contribution is -0.120. The number of nitrogens with zero attached hydrogens (tertiary/aromatic N) is 3. The molecule has 1 heterocycles. The summed E-state index contributed by atoms with van der Waals surface area (Å²) in [5.41, 5.74) is 1.16. The molecule has 0 saturated heterocycles. The molecule has 5 heteroatoms. The Kier molecular flexibility index (Phi) is 5.01. The van der Waals surface area contributed by atoms with E-state index in [1.54, 1.807) is 6.33 Å². The third-order valence-electron chi connectivity index (χ3n) is 3.33. The van der Waals surface area contributed by atoms with Gasteiger partial charge in [0.05, 0.1) is 12.6 Å². The van der Waals surface area contributed by atoms with E-state index in [9.17, 15) is 4.79 Å². The number of ketones is 1. The first-order valence-electron chi connectivity index (χ1n) is 6.83. The van der Waals surface area contributed by atoms with Crippen LogP contribution < -0.4 is 5.32 Å². The summed E-state index contributed by atoms with van der Waals surface area (Å²) in [6.45, 7) is 2.43. The Morgan fingerprint density at radius 1 is 1.35 bits per heavy atom. The van der Waals surface area contributed by atoms with E-state index in [1.807, 2.05) is 48.9 Å². The molecular weight excluding hydrogens is 252 g/mol. The summed E-state index contributed by atoms with van der Waals surface area (Å²) in [6.07, 6.45) is 2.89. The van der Waals surface area contributed by atoms with Crippen molar-refractivity contribution in [1.82, 2.24) is 20.1 Å². The molecule has 0 aliphatic carbocycles. The number of aromatic nitrogens is 3. The summed E-state index contributed by atoms with van der Waals surface area (Å²) in [6, 6.07) is 9.86. The zero-order valence-corrected chi connectivity index (χ0v) is 11.9. The number of hydrogen-bond acceptors (Lipinski definition) is 4. The quantitative estimate of drug-likeness (QED) is 0.829. The van der Waals surface area contributed by atoms with E-state index in [0.29, 0.717) is 19.4 Å². The molecule has 2 rings (SSSR count). The van der Waals surface area contributed by atoms with Crippen LogP contribution >= 0.6 is 0 Å². The average molecular weight is 272 g/mol. The molecule has 0 saturated carbocycles. The highest BCUT2D eigenvalue weighted by atomic mass is 16.1. The van der Waals surface area contributed by atoms with Crippen LogP contribution in [0.4, 0.5) is 0 Å². The second kappa shape index (κ2) is 6.96. The number of aryl methyl sites for hydroxylation is 1. The normalized spacial score (nSPS) is 12.3. The van der Waals surface area contributed by atoms with Gasteiger partial charge >= 0.3 is 0 Å². The summed E-state index contributed by atoms with van der Waals surface area (Å²) in [7, 11) is 1.89. The number of hydrogen-bond donors (Lipinski definition) is 1. The maximum absolute atomic E-state index is 12.1. The molecule has 2 aromatic rings. The molecule has 0 spiro atoms. The number of carbonyl (C=O) groups is 1. The van der Waals surface area contributed by atoms with E-state index < -0.39 is 0 Å². The first-order valence-corrected chi connectivity index (χ1v) is 6.83. The van der Waals surface area contributed by atoms with Crippen LogP contribution in [0.25, 0.3) is 0 Å². The molecule has 0 amide bonds. The van der Waals surface area contributed by atoms with Gasteiger partial charge in [-0.15, -0.1) is 10.2 Å². The second-order valence-corrected chi connectivity index (χ2v) is 4.80. The summed E-state index contributed by atoms with van der Waals surface area (Å²) < 4.78 is 1.85. The number of Topliss-reactive ketones (excluding diaryl/α,β-unsaturated/α-hetero) is 1. The largest absolute Gasteiger partial charge is 0.320 e. The fourth-order valence-corrected chi connectivity index (χ4v) is 2.08. The minimum absolute atomic E-state index is 0.181. The molecule has 0 radical (unpaired) electrons. The lowest BCUT2D eigenvalue weighted by atomic mass is 10.0.